The Morgan fingerprint density at radius 2 is 2.26 bits per heavy atom. The van der Waals surface area contributed by atoms with Gasteiger partial charge in [-0.05, 0) is 44.0 Å². The topological polar surface area (TPSA) is 58.2 Å². The monoisotopic (exact) mass is 306 g/mol. The highest BCUT2D eigenvalue weighted by Crippen LogP contribution is 2.22. The lowest BCUT2D eigenvalue weighted by molar-refractivity contribution is 0.375. The van der Waals surface area contributed by atoms with Crippen LogP contribution in [0, 0.1) is 11.7 Å². The van der Waals surface area contributed by atoms with E-state index in [4.69, 9.17) is 11.6 Å². The average molecular weight is 307 g/mol. The molecule has 1 aromatic rings. The van der Waals surface area contributed by atoms with Crippen molar-refractivity contribution in [1.82, 2.24) is 10.0 Å². The van der Waals surface area contributed by atoms with Gasteiger partial charge >= 0.3 is 0 Å². The minimum Gasteiger partial charge on any atom is -0.316 e. The molecule has 19 heavy (non-hydrogen) atoms. The summed E-state index contributed by atoms with van der Waals surface area (Å²) in [6.07, 6.45) is 1.99. The van der Waals surface area contributed by atoms with Crippen LogP contribution in [0.2, 0.25) is 5.02 Å². The number of piperidine rings is 1. The number of rotatable bonds is 4. The number of nitrogens with one attached hydrogen (secondary N) is 2. The van der Waals surface area contributed by atoms with Crippen LogP contribution in [0.3, 0.4) is 0 Å². The normalized spacial score (nSPS) is 20.4. The third-order valence-electron chi connectivity index (χ3n) is 3.17. The van der Waals surface area contributed by atoms with Crippen molar-refractivity contribution in [3.8, 4) is 0 Å². The fourth-order valence-electron chi connectivity index (χ4n) is 2.10. The van der Waals surface area contributed by atoms with E-state index in [-0.39, 0.29) is 10.9 Å². The first-order chi connectivity index (χ1) is 9.00. The molecular formula is C12H16ClFN2O2S. The van der Waals surface area contributed by atoms with E-state index in [0.29, 0.717) is 6.54 Å². The molecular weight excluding hydrogens is 291 g/mol. The molecule has 0 aromatic heterocycles. The molecule has 1 aromatic carbocycles. The zero-order valence-corrected chi connectivity index (χ0v) is 11.9. The lowest BCUT2D eigenvalue weighted by atomic mass is 10.0. The highest BCUT2D eigenvalue weighted by Gasteiger charge is 2.22. The standard InChI is InChI=1S/C12H16ClFN2O2S/c13-10-4-1-5-11(12(10)14)19(17,18)16-8-9-3-2-6-15-7-9/h1,4-5,9,15-16H,2-3,6-8H2. The van der Waals surface area contributed by atoms with Gasteiger partial charge in [0.25, 0.3) is 0 Å². The van der Waals surface area contributed by atoms with Gasteiger partial charge in [0, 0.05) is 6.54 Å². The fourth-order valence-corrected chi connectivity index (χ4v) is 3.54. The molecule has 0 aliphatic carbocycles. The van der Waals surface area contributed by atoms with Crippen molar-refractivity contribution in [2.75, 3.05) is 19.6 Å². The molecule has 7 heteroatoms. The predicted molar refractivity (Wildman–Crippen MR) is 72.2 cm³/mol. The minimum absolute atomic E-state index is 0.192. The van der Waals surface area contributed by atoms with Crippen molar-refractivity contribution in [3.63, 3.8) is 0 Å². The molecule has 106 valence electrons. The van der Waals surface area contributed by atoms with Gasteiger partial charge in [0.15, 0.2) is 5.82 Å². The summed E-state index contributed by atoms with van der Waals surface area (Å²) in [6.45, 7) is 2.05. The van der Waals surface area contributed by atoms with Crippen molar-refractivity contribution in [2.45, 2.75) is 17.7 Å². The second-order valence-corrected chi connectivity index (χ2v) is 6.76. The van der Waals surface area contributed by atoms with Crippen LogP contribution in [0.4, 0.5) is 4.39 Å². The predicted octanol–water partition coefficient (Wildman–Crippen LogP) is 1.76. The first-order valence-electron chi connectivity index (χ1n) is 6.15. The Morgan fingerprint density at radius 3 is 2.95 bits per heavy atom. The molecule has 1 saturated heterocycles. The molecule has 4 nitrogen and oxygen atoms in total. The zero-order chi connectivity index (χ0) is 13.9. The van der Waals surface area contributed by atoms with Gasteiger partial charge in [-0.3, -0.25) is 0 Å². The lowest BCUT2D eigenvalue weighted by Crippen LogP contribution is -2.38. The molecule has 0 radical (unpaired) electrons. The van der Waals surface area contributed by atoms with Crippen LogP contribution in [0.25, 0.3) is 0 Å². The maximum Gasteiger partial charge on any atom is 0.243 e. The van der Waals surface area contributed by atoms with Gasteiger partial charge in [0.05, 0.1) is 5.02 Å². The fraction of sp³-hybridized carbons (Fsp3) is 0.500. The molecule has 2 rings (SSSR count). The van der Waals surface area contributed by atoms with Crippen LogP contribution in [-0.2, 0) is 10.0 Å². The van der Waals surface area contributed by atoms with E-state index in [1.165, 1.54) is 18.2 Å². The zero-order valence-electron chi connectivity index (χ0n) is 10.3. The van der Waals surface area contributed by atoms with Crippen LogP contribution < -0.4 is 10.0 Å². The van der Waals surface area contributed by atoms with Crippen molar-refractivity contribution in [2.24, 2.45) is 5.92 Å². The van der Waals surface area contributed by atoms with Crippen molar-refractivity contribution in [3.05, 3.63) is 29.0 Å². The Morgan fingerprint density at radius 1 is 1.47 bits per heavy atom. The molecule has 1 aliphatic heterocycles. The maximum absolute atomic E-state index is 13.7. The summed E-state index contributed by atoms with van der Waals surface area (Å²) in [5.74, 6) is -0.663. The van der Waals surface area contributed by atoms with E-state index in [1.54, 1.807) is 0 Å². The molecule has 2 N–H and O–H groups in total. The Hall–Kier alpha value is -0.690. The largest absolute Gasteiger partial charge is 0.316 e. The first kappa shape index (κ1) is 14.7. The molecule has 1 unspecified atom stereocenters. The molecule has 1 atom stereocenters. The molecule has 0 bridgehead atoms. The first-order valence-corrected chi connectivity index (χ1v) is 8.01. The van der Waals surface area contributed by atoms with Crippen LogP contribution in [0.5, 0.6) is 0 Å². The van der Waals surface area contributed by atoms with Gasteiger partial charge in [-0.1, -0.05) is 17.7 Å². The highest BCUT2D eigenvalue weighted by atomic mass is 35.5. The highest BCUT2D eigenvalue weighted by molar-refractivity contribution is 7.89. The Kier molecular flexibility index (Phi) is 4.78. The third-order valence-corrected chi connectivity index (χ3v) is 4.90. The van der Waals surface area contributed by atoms with Crippen LogP contribution in [0.1, 0.15) is 12.8 Å². The van der Waals surface area contributed by atoms with E-state index in [1.807, 2.05) is 0 Å². The van der Waals surface area contributed by atoms with E-state index in [2.05, 4.69) is 10.0 Å². The molecule has 0 amide bonds. The molecule has 1 heterocycles. The summed E-state index contributed by atoms with van der Waals surface area (Å²) in [7, 11) is -3.85. The summed E-state index contributed by atoms with van der Waals surface area (Å²) in [5.41, 5.74) is 0. The molecule has 0 saturated carbocycles. The van der Waals surface area contributed by atoms with E-state index < -0.39 is 20.7 Å². The Bertz CT molecular complexity index is 545. The van der Waals surface area contributed by atoms with Crippen LogP contribution in [-0.4, -0.2) is 28.1 Å². The van der Waals surface area contributed by atoms with E-state index in [0.717, 1.165) is 25.9 Å². The SMILES string of the molecule is O=S(=O)(NCC1CCCNC1)c1cccc(Cl)c1F. The van der Waals surface area contributed by atoms with Gasteiger partial charge < -0.3 is 5.32 Å². The lowest BCUT2D eigenvalue weighted by Gasteiger charge is -2.22. The number of sulfonamides is 1. The average Bonchev–Trinajstić information content (AvgIpc) is 2.41. The summed E-state index contributed by atoms with van der Waals surface area (Å²) in [4.78, 5) is -0.399. The van der Waals surface area contributed by atoms with Crippen molar-refractivity contribution < 1.29 is 12.8 Å². The Labute approximate surface area is 117 Å². The number of benzene rings is 1. The quantitative estimate of drug-likeness (QED) is 0.891. The van der Waals surface area contributed by atoms with Gasteiger partial charge in [-0.15, -0.1) is 0 Å². The number of hydrogen-bond acceptors (Lipinski definition) is 3. The second-order valence-electron chi connectivity index (χ2n) is 4.62. The second kappa shape index (κ2) is 6.17. The van der Waals surface area contributed by atoms with Crippen molar-refractivity contribution >= 4 is 21.6 Å². The van der Waals surface area contributed by atoms with E-state index >= 15 is 0 Å². The molecule has 1 fully saturated rings. The van der Waals surface area contributed by atoms with Crippen LogP contribution >= 0.6 is 11.6 Å². The maximum atomic E-state index is 13.7. The summed E-state index contributed by atoms with van der Waals surface area (Å²) in [5, 5.41) is 3.01. The smallest absolute Gasteiger partial charge is 0.243 e. The summed E-state index contributed by atoms with van der Waals surface area (Å²) < 4.78 is 40.2. The number of halogens is 2. The van der Waals surface area contributed by atoms with Gasteiger partial charge in [0.1, 0.15) is 4.90 Å². The summed E-state index contributed by atoms with van der Waals surface area (Å²) in [6, 6.07) is 3.95. The third kappa shape index (κ3) is 3.66. The van der Waals surface area contributed by atoms with Gasteiger partial charge in [-0.2, -0.15) is 0 Å². The molecule has 1 aliphatic rings. The van der Waals surface area contributed by atoms with E-state index in [9.17, 15) is 12.8 Å². The van der Waals surface area contributed by atoms with Gasteiger partial charge in [0.2, 0.25) is 10.0 Å². The van der Waals surface area contributed by atoms with Gasteiger partial charge in [-0.25, -0.2) is 17.5 Å². The Balaban J connectivity index is 2.07. The van der Waals surface area contributed by atoms with Crippen molar-refractivity contribution in [1.29, 1.82) is 0 Å². The minimum atomic E-state index is -3.85. The summed E-state index contributed by atoms with van der Waals surface area (Å²) >= 11 is 5.59. The van der Waals surface area contributed by atoms with Crippen LogP contribution in [0.15, 0.2) is 23.1 Å². The number of hydrogen-bond donors (Lipinski definition) is 2. The molecule has 0 spiro atoms.